The highest BCUT2D eigenvalue weighted by Crippen LogP contribution is 2.22. The van der Waals surface area contributed by atoms with Gasteiger partial charge in [-0.3, -0.25) is 5.10 Å². The van der Waals surface area contributed by atoms with Crippen LogP contribution in [0.5, 0.6) is 0 Å². The average Bonchev–Trinajstić information content (AvgIpc) is 3.01. The van der Waals surface area contributed by atoms with Gasteiger partial charge in [-0.05, 0) is 19.4 Å². The molecule has 1 fully saturated rings. The first-order chi connectivity index (χ1) is 7.93. The molecule has 2 aromatic heterocycles. The molecule has 1 aliphatic heterocycles. The van der Waals surface area contributed by atoms with Crippen molar-refractivity contribution in [3.63, 3.8) is 0 Å². The van der Waals surface area contributed by atoms with Gasteiger partial charge in [0.1, 0.15) is 6.33 Å². The normalized spacial score (nSPS) is 21.1. The zero-order valence-corrected chi connectivity index (χ0v) is 8.68. The van der Waals surface area contributed by atoms with Gasteiger partial charge < -0.3 is 9.84 Å². The molecule has 0 spiro atoms. The quantitative estimate of drug-likeness (QED) is 0.772. The number of rotatable bonds is 2. The van der Waals surface area contributed by atoms with Crippen molar-refractivity contribution in [1.82, 2.24) is 30.6 Å². The second-order valence-corrected chi connectivity index (χ2v) is 3.79. The van der Waals surface area contributed by atoms with E-state index in [1.54, 1.807) is 0 Å². The maximum absolute atomic E-state index is 5.22. The van der Waals surface area contributed by atoms with Crippen LogP contribution in [0, 0.1) is 0 Å². The third-order valence-corrected chi connectivity index (χ3v) is 2.68. The molecule has 84 valence electrons. The van der Waals surface area contributed by atoms with Gasteiger partial charge in [-0.25, -0.2) is 4.98 Å². The Morgan fingerprint density at radius 1 is 1.38 bits per heavy atom. The first-order valence-corrected chi connectivity index (χ1v) is 5.36. The van der Waals surface area contributed by atoms with Crippen LogP contribution in [0.2, 0.25) is 0 Å². The lowest BCUT2D eigenvalue weighted by Gasteiger charge is -2.19. The second kappa shape index (κ2) is 4.01. The lowest BCUT2D eigenvalue weighted by atomic mass is 10.1. The number of nitrogens with one attached hydrogen (secondary N) is 2. The third-order valence-electron chi connectivity index (χ3n) is 2.68. The van der Waals surface area contributed by atoms with Crippen molar-refractivity contribution in [2.75, 3.05) is 6.54 Å². The van der Waals surface area contributed by atoms with Crippen LogP contribution in [0.4, 0.5) is 0 Å². The van der Waals surface area contributed by atoms with Crippen molar-refractivity contribution in [2.24, 2.45) is 0 Å². The SMILES string of the molecule is c1n[nH]c(-c2noc([C@H]3CCCCN3)n2)n1. The number of aromatic nitrogens is 5. The number of H-pyrrole nitrogens is 1. The lowest BCUT2D eigenvalue weighted by Crippen LogP contribution is -2.26. The standard InChI is InChI=1S/C9H12N6O/c1-2-4-10-6(3-1)9-13-8(15-16-9)7-11-5-12-14-7/h5-6,10H,1-4H2,(H,11,12,14)/t6-/m1/s1. The number of nitrogens with zero attached hydrogens (tertiary/aromatic N) is 4. The Balaban J connectivity index is 1.82. The van der Waals surface area contributed by atoms with Gasteiger partial charge in [-0.15, -0.1) is 0 Å². The molecular formula is C9H12N6O. The summed E-state index contributed by atoms with van der Waals surface area (Å²) in [4.78, 5) is 8.28. The summed E-state index contributed by atoms with van der Waals surface area (Å²) in [6, 6.07) is 0.179. The number of hydrogen-bond acceptors (Lipinski definition) is 6. The largest absolute Gasteiger partial charge is 0.337 e. The molecule has 0 saturated carbocycles. The van der Waals surface area contributed by atoms with Gasteiger partial charge in [0.2, 0.25) is 11.7 Å². The van der Waals surface area contributed by atoms with Gasteiger partial charge >= 0.3 is 0 Å². The minimum absolute atomic E-state index is 0.179. The summed E-state index contributed by atoms with van der Waals surface area (Å²) < 4.78 is 5.22. The molecule has 0 bridgehead atoms. The molecular weight excluding hydrogens is 208 g/mol. The molecule has 1 saturated heterocycles. The zero-order chi connectivity index (χ0) is 10.8. The van der Waals surface area contributed by atoms with E-state index >= 15 is 0 Å². The first-order valence-electron chi connectivity index (χ1n) is 5.36. The summed E-state index contributed by atoms with van der Waals surface area (Å²) >= 11 is 0. The molecule has 0 radical (unpaired) electrons. The lowest BCUT2D eigenvalue weighted by molar-refractivity contribution is 0.297. The van der Waals surface area contributed by atoms with Crippen molar-refractivity contribution in [1.29, 1.82) is 0 Å². The summed E-state index contributed by atoms with van der Waals surface area (Å²) in [5.41, 5.74) is 0. The fourth-order valence-corrected chi connectivity index (χ4v) is 1.85. The number of piperidine rings is 1. The van der Waals surface area contributed by atoms with Crippen LogP contribution < -0.4 is 5.32 Å². The zero-order valence-electron chi connectivity index (χ0n) is 8.68. The van der Waals surface area contributed by atoms with Crippen molar-refractivity contribution in [3.05, 3.63) is 12.2 Å². The van der Waals surface area contributed by atoms with E-state index in [1.165, 1.54) is 19.2 Å². The Kier molecular flexibility index (Phi) is 2.37. The van der Waals surface area contributed by atoms with E-state index in [9.17, 15) is 0 Å². The van der Waals surface area contributed by atoms with Crippen LogP contribution in [0.3, 0.4) is 0 Å². The van der Waals surface area contributed by atoms with Gasteiger partial charge in [-0.2, -0.15) is 10.1 Å². The molecule has 0 aromatic carbocycles. The van der Waals surface area contributed by atoms with E-state index in [-0.39, 0.29) is 6.04 Å². The van der Waals surface area contributed by atoms with E-state index in [4.69, 9.17) is 4.52 Å². The van der Waals surface area contributed by atoms with E-state index in [2.05, 4.69) is 30.6 Å². The van der Waals surface area contributed by atoms with Crippen LogP contribution in [-0.2, 0) is 0 Å². The highest BCUT2D eigenvalue weighted by Gasteiger charge is 2.21. The van der Waals surface area contributed by atoms with Crippen LogP contribution in [0.15, 0.2) is 10.9 Å². The Bertz CT molecular complexity index is 444. The molecule has 0 amide bonds. The summed E-state index contributed by atoms with van der Waals surface area (Å²) in [6.07, 6.45) is 4.86. The van der Waals surface area contributed by atoms with Gasteiger partial charge in [0.25, 0.3) is 0 Å². The minimum atomic E-state index is 0.179. The molecule has 3 rings (SSSR count). The van der Waals surface area contributed by atoms with Gasteiger partial charge in [0.05, 0.1) is 6.04 Å². The molecule has 0 unspecified atom stereocenters. The maximum atomic E-state index is 5.22. The molecule has 16 heavy (non-hydrogen) atoms. The second-order valence-electron chi connectivity index (χ2n) is 3.79. The summed E-state index contributed by atoms with van der Waals surface area (Å²) in [6.45, 7) is 1.00. The summed E-state index contributed by atoms with van der Waals surface area (Å²) in [5.74, 6) is 1.62. The van der Waals surface area contributed by atoms with Crippen molar-refractivity contribution in [3.8, 4) is 11.6 Å². The van der Waals surface area contributed by atoms with Crippen molar-refractivity contribution >= 4 is 0 Å². The Hall–Kier alpha value is -1.76. The molecule has 0 aliphatic carbocycles. The number of aromatic amines is 1. The van der Waals surface area contributed by atoms with E-state index in [0.717, 1.165) is 13.0 Å². The molecule has 3 heterocycles. The highest BCUT2D eigenvalue weighted by atomic mass is 16.5. The van der Waals surface area contributed by atoms with Gasteiger partial charge in [0, 0.05) is 0 Å². The number of hydrogen-bond donors (Lipinski definition) is 2. The molecule has 7 heteroatoms. The van der Waals surface area contributed by atoms with E-state index in [0.29, 0.717) is 17.5 Å². The first kappa shape index (κ1) is 9.46. The minimum Gasteiger partial charge on any atom is -0.337 e. The van der Waals surface area contributed by atoms with E-state index in [1.807, 2.05) is 0 Å². The summed E-state index contributed by atoms with van der Waals surface area (Å²) in [7, 11) is 0. The maximum Gasteiger partial charge on any atom is 0.244 e. The molecule has 1 atom stereocenters. The molecule has 1 aliphatic rings. The monoisotopic (exact) mass is 220 g/mol. The topological polar surface area (TPSA) is 92.5 Å². The molecule has 2 aromatic rings. The summed E-state index contributed by atoms with van der Waals surface area (Å²) in [5, 5.41) is 13.7. The molecule has 2 N–H and O–H groups in total. The van der Waals surface area contributed by atoms with Crippen LogP contribution in [0.1, 0.15) is 31.2 Å². The molecule has 7 nitrogen and oxygen atoms in total. The van der Waals surface area contributed by atoms with Crippen LogP contribution in [-0.4, -0.2) is 31.9 Å². The van der Waals surface area contributed by atoms with Crippen LogP contribution >= 0.6 is 0 Å². The van der Waals surface area contributed by atoms with Gasteiger partial charge in [0.15, 0.2) is 5.82 Å². The van der Waals surface area contributed by atoms with Crippen molar-refractivity contribution in [2.45, 2.75) is 25.3 Å². The van der Waals surface area contributed by atoms with Crippen molar-refractivity contribution < 1.29 is 4.52 Å². The predicted octanol–water partition coefficient (Wildman–Crippen LogP) is 0.669. The average molecular weight is 220 g/mol. The van der Waals surface area contributed by atoms with Crippen LogP contribution in [0.25, 0.3) is 11.6 Å². The third kappa shape index (κ3) is 1.69. The fourth-order valence-electron chi connectivity index (χ4n) is 1.85. The fraction of sp³-hybridized carbons (Fsp3) is 0.556. The highest BCUT2D eigenvalue weighted by molar-refractivity contribution is 5.39. The van der Waals surface area contributed by atoms with Gasteiger partial charge in [-0.1, -0.05) is 11.6 Å². The predicted molar refractivity (Wildman–Crippen MR) is 54.3 cm³/mol. The van der Waals surface area contributed by atoms with E-state index < -0.39 is 0 Å². The Morgan fingerprint density at radius 3 is 3.12 bits per heavy atom. The Morgan fingerprint density at radius 2 is 2.38 bits per heavy atom. The smallest absolute Gasteiger partial charge is 0.244 e. The Labute approximate surface area is 91.7 Å².